The number of carbonyl (C=O) groups excluding carboxylic acids is 1. The molecule has 0 bridgehead atoms. The van der Waals surface area contributed by atoms with Gasteiger partial charge in [0.2, 0.25) is 0 Å². The van der Waals surface area contributed by atoms with Crippen LogP contribution in [0.4, 0.5) is 13.2 Å². The molecule has 0 unspecified atom stereocenters. The molecule has 0 aromatic heterocycles. The second-order valence-electron chi connectivity index (χ2n) is 5.67. The third-order valence-corrected chi connectivity index (χ3v) is 3.62. The maximum Gasteiger partial charge on any atom is 0.416 e. The molecule has 1 rings (SSSR count). The Labute approximate surface area is 152 Å². The standard InChI is InChI=1S/C18H26F3N3O2/c1-3-22-17(23-12-5-4-6-16(25)26-2)24-13-11-14-7-9-15(10-8-14)18(19,20)21/h7-10H,3-6,11-13H2,1-2H3,(H2,22,23,24). The normalized spacial score (nSPS) is 12.0. The highest BCUT2D eigenvalue weighted by Crippen LogP contribution is 2.29. The van der Waals surface area contributed by atoms with Crippen molar-refractivity contribution < 1.29 is 22.7 Å². The Morgan fingerprint density at radius 2 is 1.85 bits per heavy atom. The molecule has 0 aliphatic carbocycles. The van der Waals surface area contributed by atoms with E-state index in [9.17, 15) is 18.0 Å². The van der Waals surface area contributed by atoms with Crippen LogP contribution in [0, 0.1) is 0 Å². The zero-order valence-corrected chi connectivity index (χ0v) is 15.2. The zero-order chi connectivity index (χ0) is 19.4. The van der Waals surface area contributed by atoms with E-state index in [1.807, 2.05) is 6.92 Å². The second-order valence-corrected chi connectivity index (χ2v) is 5.67. The van der Waals surface area contributed by atoms with E-state index in [4.69, 9.17) is 0 Å². The Hall–Kier alpha value is -2.25. The topological polar surface area (TPSA) is 62.7 Å². The molecule has 8 heteroatoms. The SMILES string of the molecule is CCNC(=NCCCCC(=O)OC)NCCc1ccc(C(F)(F)F)cc1. The summed E-state index contributed by atoms with van der Waals surface area (Å²) in [4.78, 5) is 15.4. The van der Waals surface area contributed by atoms with E-state index in [-0.39, 0.29) is 5.97 Å². The smallest absolute Gasteiger partial charge is 0.416 e. The fourth-order valence-corrected chi connectivity index (χ4v) is 2.20. The first-order valence-corrected chi connectivity index (χ1v) is 8.62. The van der Waals surface area contributed by atoms with Crippen LogP contribution >= 0.6 is 0 Å². The summed E-state index contributed by atoms with van der Waals surface area (Å²) in [6.45, 7) is 3.78. The van der Waals surface area contributed by atoms with Gasteiger partial charge in [0.15, 0.2) is 5.96 Å². The minimum Gasteiger partial charge on any atom is -0.469 e. The number of unbranched alkanes of at least 4 members (excludes halogenated alkanes) is 1. The Kier molecular flexibility index (Phi) is 9.54. The van der Waals surface area contributed by atoms with Gasteiger partial charge in [-0.3, -0.25) is 9.79 Å². The number of aliphatic imine (C=N–C) groups is 1. The average molecular weight is 373 g/mol. The fraction of sp³-hybridized carbons (Fsp3) is 0.556. The van der Waals surface area contributed by atoms with Crippen LogP contribution in [0.25, 0.3) is 0 Å². The molecule has 0 saturated carbocycles. The number of rotatable bonds is 9. The number of esters is 1. The van der Waals surface area contributed by atoms with Crippen molar-refractivity contribution in [2.24, 2.45) is 4.99 Å². The number of benzene rings is 1. The summed E-state index contributed by atoms with van der Waals surface area (Å²) in [5.41, 5.74) is 0.176. The molecule has 0 fully saturated rings. The summed E-state index contributed by atoms with van der Waals surface area (Å²) in [6, 6.07) is 5.16. The van der Waals surface area contributed by atoms with Crippen molar-refractivity contribution in [3.8, 4) is 0 Å². The van der Waals surface area contributed by atoms with E-state index in [1.54, 1.807) is 0 Å². The quantitative estimate of drug-likeness (QED) is 0.302. The lowest BCUT2D eigenvalue weighted by Gasteiger charge is -2.12. The predicted molar refractivity (Wildman–Crippen MR) is 95.0 cm³/mol. The van der Waals surface area contributed by atoms with Gasteiger partial charge in [-0.15, -0.1) is 0 Å². The van der Waals surface area contributed by atoms with Crippen molar-refractivity contribution in [1.29, 1.82) is 0 Å². The number of carbonyl (C=O) groups is 1. The van der Waals surface area contributed by atoms with E-state index >= 15 is 0 Å². The third-order valence-electron chi connectivity index (χ3n) is 3.62. The van der Waals surface area contributed by atoms with Gasteiger partial charge in [-0.1, -0.05) is 12.1 Å². The molecule has 1 aromatic rings. The van der Waals surface area contributed by atoms with E-state index in [2.05, 4.69) is 20.4 Å². The van der Waals surface area contributed by atoms with Crippen LogP contribution in [-0.2, 0) is 22.1 Å². The molecular formula is C18H26F3N3O2. The van der Waals surface area contributed by atoms with Crippen molar-refractivity contribution in [3.63, 3.8) is 0 Å². The number of nitrogens with one attached hydrogen (secondary N) is 2. The Morgan fingerprint density at radius 3 is 2.42 bits per heavy atom. The molecule has 0 radical (unpaired) electrons. The molecule has 1 aromatic carbocycles. The van der Waals surface area contributed by atoms with Gasteiger partial charge in [-0.05, 0) is 43.9 Å². The maximum absolute atomic E-state index is 12.5. The Balaban J connectivity index is 2.38. The monoisotopic (exact) mass is 373 g/mol. The van der Waals surface area contributed by atoms with E-state index in [0.29, 0.717) is 44.9 Å². The first-order valence-electron chi connectivity index (χ1n) is 8.62. The summed E-state index contributed by atoms with van der Waals surface area (Å²) in [6.07, 6.45) is -1.87. The van der Waals surface area contributed by atoms with Crippen molar-refractivity contribution >= 4 is 11.9 Å². The zero-order valence-electron chi connectivity index (χ0n) is 15.2. The lowest BCUT2D eigenvalue weighted by Crippen LogP contribution is -2.38. The molecule has 0 saturated heterocycles. The Morgan fingerprint density at radius 1 is 1.15 bits per heavy atom. The highest BCUT2D eigenvalue weighted by atomic mass is 19.4. The second kappa shape index (κ2) is 11.4. The molecule has 0 heterocycles. The van der Waals surface area contributed by atoms with Crippen LogP contribution in [0.15, 0.2) is 29.3 Å². The largest absolute Gasteiger partial charge is 0.469 e. The van der Waals surface area contributed by atoms with Crippen LogP contribution < -0.4 is 10.6 Å². The van der Waals surface area contributed by atoms with Crippen molar-refractivity contribution in [2.75, 3.05) is 26.7 Å². The van der Waals surface area contributed by atoms with Gasteiger partial charge in [0.1, 0.15) is 0 Å². The molecule has 0 spiro atoms. The van der Waals surface area contributed by atoms with Gasteiger partial charge in [-0.2, -0.15) is 13.2 Å². The van der Waals surface area contributed by atoms with Gasteiger partial charge in [0, 0.05) is 26.1 Å². The maximum atomic E-state index is 12.5. The van der Waals surface area contributed by atoms with Crippen molar-refractivity contribution in [3.05, 3.63) is 35.4 Å². The van der Waals surface area contributed by atoms with Crippen LogP contribution in [0.1, 0.15) is 37.3 Å². The molecule has 146 valence electrons. The molecule has 0 atom stereocenters. The molecule has 0 aliphatic heterocycles. The number of nitrogens with zero attached hydrogens (tertiary/aromatic N) is 1. The van der Waals surface area contributed by atoms with Gasteiger partial charge in [0.25, 0.3) is 0 Å². The number of halogens is 3. The van der Waals surface area contributed by atoms with Crippen LogP contribution in [0.5, 0.6) is 0 Å². The van der Waals surface area contributed by atoms with Gasteiger partial charge >= 0.3 is 12.1 Å². The summed E-state index contributed by atoms with van der Waals surface area (Å²) < 4.78 is 42.2. The van der Waals surface area contributed by atoms with Gasteiger partial charge in [-0.25, -0.2) is 0 Å². The highest BCUT2D eigenvalue weighted by Gasteiger charge is 2.29. The highest BCUT2D eigenvalue weighted by molar-refractivity contribution is 5.79. The number of guanidine groups is 1. The average Bonchev–Trinajstić information content (AvgIpc) is 2.60. The van der Waals surface area contributed by atoms with Gasteiger partial charge < -0.3 is 15.4 Å². The lowest BCUT2D eigenvalue weighted by atomic mass is 10.1. The first-order chi connectivity index (χ1) is 12.4. The number of hydrogen-bond donors (Lipinski definition) is 2. The van der Waals surface area contributed by atoms with Crippen molar-refractivity contribution in [2.45, 2.75) is 38.8 Å². The van der Waals surface area contributed by atoms with Crippen molar-refractivity contribution in [1.82, 2.24) is 10.6 Å². The fourth-order valence-electron chi connectivity index (χ4n) is 2.20. The third kappa shape index (κ3) is 8.73. The Bertz CT molecular complexity index is 572. The minimum atomic E-state index is -4.31. The lowest BCUT2D eigenvalue weighted by molar-refractivity contribution is -0.140. The number of hydrogen-bond acceptors (Lipinski definition) is 3. The number of methoxy groups -OCH3 is 1. The predicted octanol–water partition coefficient (Wildman–Crippen LogP) is 3.15. The van der Waals surface area contributed by atoms with Crippen LogP contribution in [0.3, 0.4) is 0 Å². The first kappa shape index (κ1) is 21.8. The molecule has 0 aliphatic rings. The molecule has 0 amide bonds. The number of alkyl halides is 3. The minimum absolute atomic E-state index is 0.226. The van der Waals surface area contributed by atoms with E-state index < -0.39 is 11.7 Å². The van der Waals surface area contributed by atoms with E-state index in [1.165, 1.54) is 19.2 Å². The summed E-state index contributed by atoms with van der Waals surface area (Å²) in [7, 11) is 1.37. The van der Waals surface area contributed by atoms with Crippen LogP contribution in [-0.4, -0.2) is 38.7 Å². The molecular weight excluding hydrogens is 347 g/mol. The van der Waals surface area contributed by atoms with E-state index in [0.717, 1.165) is 24.1 Å². The summed E-state index contributed by atoms with van der Waals surface area (Å²) in [5, 5.41) is 6.26. The molecule has 2 N–H and O–H groups in total. The van der Waals surface area contributed by atoms with Crippen LogP contribution in [0.2, 0.25) is 0 Å². The summed E-state index contributed by atoms with van der Waals surface area (Å²) in [5.74, 6) is 0.424. The summed E-state index contributed by atoms with van der Waals surface area (Å²) >= 11 is 0. The number of ether oxygens (including phenoxy) is 1. The van der Waals surface area contributed by atoms with Gasteiger partial charge in [0.05, 0.1) is 12.7 Å². The molecule has 26 heavy (non-hydrogen) atoms. The molecule has 5 nitrogen and oxygen atoms in total.